The highest BCUT2D eigenvalue weighted by atomic mass is 32.2. The Morgan fingerprint density at radius 2 is 1.71 bits per heavy atom. The molecule has 7 nitrogen and oxygen atoms in total. The third-order valence-corrected chi connectivity index (χ3v) is 5.30. The van der Waals surface area contributed by atoms with Gasteiger partial charge >= 0.3 is 5.97 Å². The number of fused-ring (bicyclic) bond motifs is 1. The molecule has 146 valence electrons. The first-order valence-corrected chi connectivity index (χ1v) is 10.6. The Morgan fingerprint density at radius 3 is 2.36 bits per heavy atom. The second-order valence-electron chi connectivity index (χ2n) is 6.78. The first-order valence-electron chi connectivity index (χ1n) is 8.56. The molecule has 0 fully saturated rings. The number of hydrogen-bond acceptors (Lipinski definition) is 6. The minimum atomic E-state index is -3.16. The third kappa shape index (κ3) is 4.45. The highest BCUT2D eigenvalue weighted by molar-refractivity contribution is 7.89. The second kappa shape index (κ2) is 7.55. The van der Waals surface area contributed by atoms with Crippen LogP contribution in [0.4, 0.5) is 5.69 Å². The maximum atomic E-state index is 12.3. The number of rotatable bonds is 6. The number of hydrogen-bond donors (Lipinski definition) is 1. The standard InChI is InChI=1S/C20H19NO6S/c1-12-16-9-15(7-8-17(16)21-19(12)23)18(22)10-27-20(24)14-5-3-13(4-6-14)11-28(2,25)26/h3-9,12H,10-11H2,1-2H3,(H,21,23)/t12-/m0/s1. The van der Waals surface area contributed by atoms with E-state index in [4.69, 9.17) is 4.74 Å². The number of sulfone groups is 1. The first kappa shape index (κ1) is 19.8. The number of ether oxygens (including phenoxy) is 1. The van der Waals surface area contributed by atoms with E-state index in [1.54, 1.807) is 25.1 Å². The number of esters is 1. The summed E-state index contributed by atoms with van der Waals surface area (Å²) in [6.07, 6.45) is 1.13. The van der Waals surface area contributed by atoms with E-state index in [0.717, 1.165) is 11.8 Å². The molecule has 0 saturated heterocycles. The highest BCUT2D eigenvalue weighted by Crippen LogP contribution is 2.32. The highest BCUT2D eigenvalue weighted by Gasteiger charge is 2.27. The monoisotopic (exact) mass is 401 g/mol. The summed E-state index contributed by atoms with van der Waals surface area (Å²) in [7, 11) is -3.16. The predicted octanol–water partition coefficient (Wildman–Crippen LogP) is 2.33. The smallest absolute Gasteiger partial charge is 0.338 e. The summed E-state index contributed by atoms with van der Waals surface area (Å²) in [5.41, 5.74) is 2.57. The van der Waals surface area contributed by atoms with Crippen LogP contribution in [0.2, 0.25) is 0 Å². The molecule has 8 heteroatoms. The van der Waals surface area contributed by atoms with Gasteiger partial charge < -0.3 is 10.1 Å². The van der Waals surface area contributed by atoms with Gasteiger partial charge in [-0.3, -0.25) is 9.59 Å². The van der Waals surface area contributed by atoms with Crippen molar-refractivity contribution in [3.8, 4) is 0 Å². The van der Waals surface area contributed by atoms with Crippen LogP contribution in [0, 0.1) is 0 Å². The van der Waals surface area contributed by atoms with Crippen molar-refractivity contribution < 1.29 is 27.5 Å². The fourth-order valence-corrected chi connectivity index (χ4v) is 3.73. The Kier molecular flexibility index (Phi) is 5.33. The van der Waals surface area contributed by atoms with Crippen molar-refractivity contribution in [2.45, 2.75) is 18.6 Å². The zero-order valence-corrected chi connectivity index (χ0v) is 16.2. The first-order chi connectivity index (χ1) is 13.1. The molecular formula is C20H19NO6S. The van der Waals surface area contributed by atoms with Crippen LogP contribution in [-0.4, -0.2) is 38.9 Å². The molecule has 1 atom stereocenters. The van der Waals surface area contributed by atoms with Crippen molar-refractivity contribution in [1.29, 1.82) is 0 Å². The number of amides is 1. The van der Waals surface area contributed by atoms with Gasteiger partial charge in [-0.2, -0.15) is 0 Å². The van der Waals surface area contributed by atoms with E-state index >= 15 is 0 Å². The summed E-state index contributed by atoms with van der Waals surface area (Å²) >= 11 is 0. The number of carbonyl (C=O) groups is 3. The summed E-state index contributed by atoms with van der Waals surface area (Å²) in [6, 6.07) is 10.9. The van der Waals surface area contributed by atoms with Crippen LogP contribution < -0.4 is 5.32 Å². The lowest BCUT2D eigenvalue weighted by Crippen LogP contribution is -2.14. The summed E-state index contributed by atoms with van der Waals surface area (Å²) in [4.78, 5) is 36.1. The van der Waals surface area contributed by atoms with E-state index < -0.39 is 22.4 Å². The molecule has 28 heavy (non-hydrogen) atoms. The predicted molar refractivity (Wildman–Crippen MR) is 103 cm³/mol. The number of nitrogens with one attached hydrogen (secondary N) is 1. The second-order valence-corrected chi connectivity index (χ2v) is 8.92. The van der Waals surface area contributed by atoms with Gasteiger partial charge in [0.2, 0.25) is 5.91 Å². The Labute approximate surface area is 162 Å². The van der Waals surface area contributed by atoms with Crippen molar-refractivity contribution >= 4 is 33.2 Å². The molecule has 0 aliphatic carbocycles. The fraction of sp³-hybridized carbons (Fsp3) is 0.250. The average Bonchev–Trinajstić information content (AvgIpc) is 2.92. The lowest BCUT2D eigenvalue weighted by Gasteiger charge is -2.07. The van der Waals surface area contributed by atoms with Crippen molar-refractivity contribution in [3.05, 3.63) is 64.7 Å². The van der Waals surface area contributed by atoms with Crippen LogP contribution in [0.3, 0.4) is 0 Å². The maximum Gasteiger partial charge on any atom is 0.338 e. The van der Waals surface area contributed by atoms with E-state index in [0.29, 0.717) is 16.8 Å². The molecule has 1 aliphatic heterocycles. The van der Waals surface area contributed by atoms with Crippen LogP contribution in [0.15, 0.2) is 42.5 Å². The molecule has 0 spiro atoms. The summed E-state index contributed by atoms with van der Waals surface area (Å²) in [6.45, 7) is 1.32. The Morgan fingerprint density at radius 1 is 1.07 bits per heavy atom. The van der Waals surface area contributed by atoms with Gasteiger partial charge in [-0.15, -0.1) is 0 Å². The number of ketones is 1. The van der Waals surface area contributed by atoms with E-state index in [-0.39, 0.29) is 28.9 Å². The third-order valence-electron chi connectivity index (χ3n) is 4.44. The Hall–Kier alpha value is -3.00. The molecule has 1 amide bonds. The number of benzene rings is 2. The summed E-state index contributed by atoms with van der Waals surface area (Å²) in [5, 5.41) is 2.73. The topological polar surface area (TPSA) is 107 Å². The average molecular weight is 401 g/mol. The van der Waals surface area contributed by atoms with Gasteiger partial charge in [-0.25, -0.2) is 13.2 Å². The molecule has 3 rings (SSSR count). The van der Waals surface area contributed by atoms with Crippen molar-refractivity contribution in [1.82, 2.24) is 0 Å². The van der Waals surface area contributed by atoms with Crippen molar-refractivity contribution in [2.75, 3.05) is 18.2 Å². The number of Topliss-reactive ketones (excluding diaryl/α,β-unsaturated/α-hetero) is 1. The molecule has 0 unspecified atom stereocenters. The van der Waals surface area contributed by atoms with Crippen LogP contribution >= 0.6 is 0 Å². The maximum absolute atomic E-state index is 12.3. The zero-order chi connectivity index (χ0) is 20.5. The van der Waals surface area contributed by atoms with Gasteiger partial charge in [0.25, 0.3) is 0 Å². The van der Waals surface area contributed by atoms with E-state index in [1.165, 1.54) is 24.3 Å². The molecule has 0 bridgehead atoms. The summed E-state index contributed by atoms with van der Waals surface area (Å²) < 4.78 is 27.6. The summed E-state index contributed by atoms with van der Waals surface area (Å²) in [5.74, 6) is -1.63. The minimum Gasteiger partial charge on any atom is -0.454 e. The Bertz CT molecular complexity index is 1060. The van der Waals surface area contributed by atoms with Crippen LogP contribution in [-0.2, 0) is 25.1 Å². The largest absolute Gasteiger partial charge is 0.454 e. The van der Waals surface area contributed by atoms with Gasteiger partial charge in [0.1, 0.15) is 0 Å². The molecule has 2 aromatic rings. The molecule has 1 heterocycles. The number of carbonyl (C=O) groups excluding carboxylic acids is 3. The Balaban J connectivity index is 1.62. The quantitative estimate of drug-likeness (QED) is 0.588. The lowest BCUT2D eigenvalue weighted by atomic mass is 9.99. The van der Waals surface area contributed by atoms with Crippen LogP contribution in [0.25, 0.3) is 0 Å². The van der Waals surface area contributed by atoms with Crippen LogP contribution in [0.1, 0.15) is 44.7 Å². The molecule has 0 saturated carbocycles. The van der Waals surface area contributed by atoms with Crippen molar-refractivity contribution in [2.24, 2.45) is 0 Å². The SMILES string of the molecule is C[C@@H]1C(=O)Nc2ccc(C(=O)COC(=O)c3ccc(CS(C)(=O)=O)cc3)cc21. The van der Waals surface area contributed by atoms with E-state index in [1.807, 2.05) is 0 Å². The number of anilines is 1. The molecule has 2 aromatic carbocycles. The van der Waals surface area contributed by atoms with Gasteiger partial charge in [-0.1, -0.05) is 12.1 Å². The van der Waals surface area contributed by atoms with Gasteiger partial charge in [0.15, 0.2) is 22.2 Å². The van der Waals surface area contributed by atoms with Crippen molar-refractivity contribution in [3.63, 3.8) is 0 Å². The lowest BCUT2D eigenvalue weighted by molar-refractivity contribution is -0.116. The van der Waals surface area contributed by atoms with Gasteiger partial charge in [0.05, 0.1) is 17.2 Å². The normalized spacial score (nSPS) is 15.6. The van der Waals surface area contributed by atoms with Gasteiger partial charge in [0, 0.05) is 17.5 Å². The van der Waals surface area contributed by atoms with E-state index in [9.17, 15) is 22.8 Å². The van der Waals surface area contributed by atoms with Gasteiger partial charge in [-0.05, 0) is 48.4 Å². The molecule has 1 N–H and O–H groups in total. The van der Waals surface area contributed by atoms with E-state index in [2.05, 4.69) is 5.32 Å². The zero-order valence-electron chi connectivity index (χ0n) is 15.4. The molecule has 0 radical (unpaired) electrons. The fourth-order valence-electron chi connectivity index (χ4n) is 2.93. The molecular weight excluding hydrogens is 382 g/mol. The van der Waals surface area contributed by atoms with Crippen LogP contribution in [0.5, 0.6) is 0 Å². The molecule has 1 aliphatic rings. The molecule has 0 aromatic heterocycles. The minimum absolute atomic E-state index is 0.116.